The fourth-order valence-electron chi connectivity index (χ4n) is 4.19. The van der Waals surface area contributed by atoms with Gasteiger partial charge in [-0.1, -0.05) is 70.3 Å². The molecule has 29 heavy (non-hydrogen) atoms. The summed E-state index contributed by atoms with van der Waals surface area (Å²) in [6.07, 6.45) is 16.3. The molecule has 174 valence electrons. The summed E-state index contributed by atoms with van der Waals surface area (Å²) in [6, 6.07) is 2.12. The van der Waals surface area contributed by atoms with Gasteiger partial charge in [0.1, 0.15) is 6.29 Å². The van der Waals surface area contributed by atoms with E-state index in [1.165, 1.54) is 64.7 Å². The van der Waals surface area contributed by atoms with E-state index in [-0.39, 0.29) is 17.1 Å². The Morgan fingerprint density at radius 3 is 1.48 bits per heavy atom. The van der Waals surface area contributed by atoms with Crippen molar-refractivity contribution in [3.8, 4) is 0 Å². The van der Waals surface area contributed by atoms with Gasteiger partial charge in [-0.2, -0.15) is 12.1 Å². The summed E-state index contributed by atoms with van der Waals surface area (Å²) in [6.45, 7) is 5.53. The molecule has 6 nitrogen and oxygen atoms in total. The number of hydrogen-bond donors (Lipinski definition) is 2. The maximum atomic E-state index is 7.61. The third-order valence-corrected chi connectivity index (χ3v) is 5.62. The standard InChI is InChI=1S/C10H18N2.C10H16N2.C2H6O2.Cu/c2*1-3-7-11-9(5-1)10-6-2-4-8-12-10;1-2(3)4;/h9-10H,1-8H2;1,5,9-10H,2-4,6-8H2;2-4H,1H3;/q2*-2;;+1. The molecule has 4 rings (SSSR count). The second-order valence-electron chi connectivity index (χ2n) is 8.15. The monoisotopic (exact) mass is 455 g/mol. The Bertz CT molecular complexity index is 389. The molecule has 4 heterocycles. The summed E-state index contributed by atoms with van der Waals surface area (Å²) in [5, 5.41) is 33.7. The predicted octanol–water partition coefficient (Wildman–Crippen LogP) is 4.77. The Morgan fingerprint density at radius 1 is 0.690 bits per heavy atom. The van der Waals surface area contributed by atoms with Crippen molar-refractivity contribution in [3.63, 3.8) is 0 Å². The third kappa shape index (κ3) is 11.8. The van der Waals surface area contributed by atoms with Crippen LogP contribution >= 0.6 is 0 Å². The fraction of sp³-hybridized carbons (Fsp3) is 0.909. The van der Waals surface area contributed by atoms with Gasteiger partial charge in [-0.3, -0.25) is 0 Å². The zero-order valence-electron chi connectivity index (χ0n) is 17.9. The van der Waals surface area contributed by atoms with Crippen molar-refractivity contribution in [2.75, 3.05) is 26.2 Å². The van der Waals surface area contributed by atoms with Crippen LogP contribution in [-0.2, 0) is 17.1 Å². The van der Waals surface area contributed by atoms with Gasteiger partial charge >= 0.3 is 17.1 Å². The minimum Gasteiger partial charge on any atom is -0.661 e. The molecule has 4 aliphatic heterocycles. The van der Waals surface area contributed by atoms with Crippen LogP contribution in [0.4, 0.5) is 0 Å². The molecule has 3 saturated heterocycles. The number of aliphatic hydroxyl groups is 2. The van der Waals surface area contributed by atoms with Crippen LogP contribution in [0.2, 0.25) is 0 Å². The van der Waals surface area contributed by atoms with Gasteiger partial charge in [0.2, 0.25) is 0 Å². The van der Waals surface area contributed by atoms with Crippen LogP contribution in [0.1, 0.15) is 71.1 Å². The fourth-order valence-corrected chi connectivity index (χ4v) is 4.19. The molecule has 0 amide bonds. The smallest absolute Gasteiger partial charge is 0.661 e. The third-order valence-electron chi connectivity index (χ3n) is 5.62. The Balaban J connectivity index is 0.000000239. The quantitative estimate of drug-likeness (QED) is 0.356. The molecule has 4 atom stereocenters. The van der Waals surface area contributed by atoms with E-state index >= 15 is 0 Å². The molecule has 0 aromatic heterocycles. The summed E-state index contributed by atoms with van der Waals surface area (Å²) in [7, 11) is 0. The van der Waals surface area contributed by atoms with E-state index in [4.69, 9.17) is 10.2 Å². The summed E-state index contributed by atoms with van der Waals surface area (Å²) >= 11 is 0. The molecule has 0 spiro atoms. The van der Waals surface area contributed by atoms with Gasteiger partial charge < -0.3 is 31.5 Å². The molecule has 0 radical (unpaired) electrons. The molecule has 7 heteroatoms. The Kier molecular flexibility index (Phi) is 15.6. The molecule has 0 saturated carbocycles. The number of aliphatic hydroxyl groups excluding tert-OH is 1. The van der Waals surface area contributed by atoms with Crippen molar-refractivity contribution in [2.45, 2.75) is 102 Å². The summed E-state index contributed by atoms with van der Waals surface area (Å²) in [4.78, 5) is 0. The molecular formula is C22H40CuN4O2-3. The predicted molar refractivity (Wildman–Crippen MR) is 117 cm³/mol. The largest absolute Gasteiger partial charge is 1.00 e. The zero-order chi connectivity index (χ0) is 20.0. The van der Waals surface area contributed by atoms with Crippen molar-refractivity contribution >= 4 is 0 Å². The molecule has 0 bridgehead atoms. The van der Waals surface area contributed by atoms with Gasteiger partial charge in [0.25, 0.3) is 0 Å². The Labute approximate surface area is 188 Å². The average Bonchev–Trinajstić information content (AvgIpc) is 2.76. The van der Waals surface area contributed by atoms with Gasteiger partial charge in [-0.05, 0) is 6.92 Å². The van der Waals surface area contributed by atoms with Crippen LogP contribution in [0, 0.1) is 0 Å². The van der Waals surface area contributed by atoms with Gasteiger partial charge in [0, 0.05) is 0 Å². The SMILES string of the molecule is C1=CC(C2CCCC[N-]2)[N-]CC1.C1CCC(C2CCCC[N-]2)[N-]C1.CC(O)O.[Cu+]. The van der Waals surface area contributed by atoms with Crippen LogP contribution in [0.25, 0.3) is 21.3 Å². The number of hydrogen-bond acceptors (Lipinski definition) is 2. The van der Waals surface area contributed by atoms with E-state index in [1.807, 2.05) is 0 Å². The van der Waals surface area contributed by atoms with Crippen molar-refractivity contribution in [2.24, 2.45) is 0 Å². The van der Waals surface area contributed by atoms with Gasteiger partial charge in [0.15, 0.2) is 0 Å². The minimum absolute atomic E-state index is 0. The molecule has 3 fully saturated rings. The summed E-state index contributed by atoms with van der Waals surface area (Å²) < 4.78 is 0. The average molecular weight is 456 g/mol. The van der Waals surface area contributed by atoms with Crippen LogP contribution in [-0.4, -0.2) is 66.8 Å². The molecular weight excluding hydrogens is 416 g/mol. The normalized spacial score (nSPS) is 32.1. The molecule has 0 aromatic carbocycles. The van der Waals surface area contributed by atoms with Crippen molar-refractivity contribution < 1.29 is 27.3 Å². The van der Waals surface area contributed by atoms with Crippen molar-refractivity contribution in [1.29, 1.82) is 0 Å². The van der Waals surface area contributed by atoms with Crippen molar-refractivity contribution in [3.05, 3.63) is 33.4 Å². The second kappa shape index (κ2) is 16.7. The first-order valence-corrected chi connectivity index (χ1v) is 11.4. The maximum Gasteiger partial charge on any atom is 1.00 e. The first-order valence-electron chi connectivity index (χ1n) is 11.4. The first kappa shape index (κ1) is 27.1. The van der Waals surface area contributed by atoms with E-state index in [1.54, 1.807) is 0 Å². The van der Waals surface area contributed by atoms with Crippen LogP contribution in [0.5, 0.6) is 0 Å². The van der Waals surface area contributed by atoms with E-state index in [0.29, 0.717) is 24.2 Å². The van der Waals surface area contributed by atoms with Crippen LogP contribution in [0.15, 0.2) is 12.2 Å². The second-order valence-corrected chi connectivity index (χ2v) is 8.15. The number of nitrogens with zero attached hydrogens (tertiary/aromatic N) is 4. The summed E-state index contributed by atoms with van der Waals surface area (Å²) in [5.41, 5.74) is 0. The van der Waals surface area contributed by atoms with Crippen molar-refractivity contribution in [1.82, 2.24) is 0 Å². The van der Waals surface area contributed by atoms with Gasteiger partial charge in [-0.15, -0.1) is 44.3 Å². The van der Waals surface area contributed by atoms with Gasteiger partial charge in [-0.25, -0.2) is 0 Å². The first-order chi connectivity index (χ1) is 13.7. The molecule has 2 N–H and O–H groups in total. The number of rotatable bonds is 2. The topological polar surface area (TPSA) is 96.9 Å². The Morgan fingerprint density at radius 2 is 1.14 bits per heavy atom. The number of piperidine rings is 3. The summed E-state index contributed by atoms with van der Waals surface area (Å²) in [5.74, 6) is 0. The molecule has 0 aromatic rings. The zero-order valence-corrected chi connectivity index (χ0v) is 18.9. The molecule has 4 unspecified atom stereocenters. The van der Waals surface area contributed by atoms with E-state index < -0.39 is 6.29 Å². The van der Waals surface area contributed by atoms with E-state index in [9.17, 15) is 0 Å². The molecule has 4 aliphatic rings. The maximum absolute atomic E-state index is 7.61. The van der Waals surface area contributed by atoms with E-state index in [0.717, 1.165) is 32.6 Å². The Hall–Kier alpha value is 0.0195. The van der Waals surface area contributed by atoms with E-state index in [2.05, 4.69) is 33.4 Å². The van der Waals surface area contributed by atoms with Crippen LogP contribution in [0.3, 0.4) is 0 Å². The molecule has 0 aliphatic carbocycles. The van der Waals surface area contributed by atoms with Gasteiger partial charge in [0.05, 0.1) is 0 Å². The minimum atomic E-state index is -1.17. The van der Waals surface area contributed by atoms with Crippen LogP contribution < -0.4 is 0 Å².